The first-order chi connectivity index (χ1) is 7.14. The van der Waals surface area contributed by atoms with Gasteiger partial charge in [-0.25, -0.2) is 0 Å². The summed E-state index contributed by atoms with van der Waals surface area (Å²) in [6.45, 7) is 7.11. The second-order valence-electron chi connectivity index (χ2n) is 4.06. The van der Waals surface area contributed by atoms with Gasteiger partial charge >= 0.3 is 0 Å². The molecule has 4 nitrogen and oxygen atoms in total. The Balaban J connectivity index is 2.13. The molecule has 0 aliphatic carbocycles. The van der Waals surface area contributed by atoms with Crippen LogP contribution in [0.4, 0.5) is 0 Å². The van der Waals surface area contributed by atoms with E-state index >= 15 is 0 Å². The van der Waals surface area contributed by atoms with Crippen molar-refractivity contribution in [2.75, 3.05) is 33.0 Å². The summed E-state index contributed by atoms with van der Waals surface area (Å²) in [4.78, 5) is 0. The van der Waals surface area contributed by atoms with Crippen molar-refractivity contribution in [3.63, 3.8) is 0 Å². The molecule has 1 aliphatic heterocycles. The van der Waals surface area contributed by atoms with E-state index in [0.717, 1.165) is 12.0 Å². The molecule has 1 saturated heterocycles. The van der Waals surface area contributed by atoms with E-state index < -0.39 is 5.79 Å². The van der Waals surface area contributed by atoms with Gasteiger partial charge < -0.3 is 19.9 Å². The lowest BCUT2D eigenvalue weighted by Crippen LogP contribution is -2.35. The molecule has 88 valence electrons. The second kappa shape index (κ2) is 6.23. The molecule has 1 aliphatic rings. The SMILES string of the molecule is CC1(C)OCC(=CCOCCCN)CO1. The van der Waals surface area contributed by atoms with Crippen LogP contribution in [0.5, 0.6) is 0 Å². The fourth-order valence-electron chi connectivity index (χ4n) is 1.18. The van der Waals surface area contributed by atoms with E-state index in [2.05, 4.69) is 0 Å². The average molecular weight is 215 g/mol. The molecular weight excluding hydrogens is 194 g/mol. The molecule has 4 heteroatoms. The molecule has 15 heavy (non-hydrogen) atoms. The highest BCUT2D eigenvalue weighted by Gasteiger charge is 2.24. The number of rotatable bonds is 5. The van der Waals surface area contributed by atoms with Gasteiger partial charge in [-0.1, -0.05) is 6.08 Å². The summed E-state index contributed by atoms with van der Waals surface area (Å²) in [6.07, 6.45) is 2.93. The fourth-order valence-corrected chi connectivity index (χ4v) is 1.18. The molecule has 0 atom stereocenters. The molecule has 0 aromatic heterocycles. The molecule has 0 saturated carbocycles. The minimum Gasteiger partial charge on any atom is -0.377 e. The summed E-state index contributed by atoms with van der Waals surface area (Å²) >= 11 is 0. The van der Waals surface area contributed by atoms with E-state index in [0.29, 0.717) is 33.0 Å². The van der Waals surface area contributed by atoms with E-state index in [9.17, 15) is 0 Å². The van der Waals surface area contributed by atoms with Crippen molar-refractivity contribution in [2.45, 2.75) is 26.1 Å². The molecule has 0 unspecified atom stereocenters. The molecule has 0 aromatic carbocycles. The predicted octanol–water partition coefficient (Wildman–Crippen LogP) is 1.06. The summed E-state index contributed by atoms with van der Waals surface area (Å²) < 4.78 is 16.3. The maximum atomic E-state index is 5.49. The molecule has 2 N–H and O–H groups in total. The summed E-state index contributed by atoms with van der Waals surface area (Å²) in [5, 5.41) is 0. The summed E-state index contributed by atoms with van der Waals surface area (Å²) in [7, 11) is 0. The lowest BCUT2D eigenvalue weighted by molar-refractivity contribution is -0.225. The van der Waals surface area contributed by atoms with Gasteiger partial charge in [-0.2, -0.15) is 0 Å². The third-order valence-corrected chi connectivity index (χ3v) is 2.19. The van der Waals surface area contributed by atoms with Crippen LogP contribution in [0.15, 0.2) is 11.6 Å². The number of hydrogen-bond donors (Lipinski definition) is 1. The Labute approximate surface area is 91.4 Å². The molecule has 0 amide bonds. The maximum absolute atomic E-state index is 5.49. The first kappa shape index (κ1) is 12.6. The molecule has 1 fully saturated rings. The second-order valence-corrected chi connectivity index (χ2v) is 4.06. The number of hydrogen-bond acceptors (Lipinski definition) is 4. The standard InChI is InChI=1S/C11H21NO3/c1-11(2)14-8-10(9-15-11)4-7-13-6-3-5-12/h4H,3,5-9,12H2,1-2H3. The third kappa shape index (κ3) is 5.28. The molecule has 1 rings (SSSR count). The average Bonchev–Trinajstić information content (AvgIpc) is 2.20. The van der Waals surface area contributed by atoms with Crippen LogP contribution >= 0.6 is 0 Å². The molecule has 0 aromatic rings. The smallest absolute Gasteiger partial charge is 0.163 e. The normalized spacial score (nSPS) is 20.3. The number of ether oxygens (including phenoxy) is 3. The van der Waals surface area contributed by atoms with Gasteiger partial charge in [-0.3, -0.25) is 0 Å². The van der Waals surface area contributed by atoms with Crippen molar-refractivity contribution < 1.29 is 14.2 Å². The van der Waals surface area contributed by atoms with E-state index in [1.165, 1.54) is 0 Å². The van der Waals surface area contributed by atoms with Crippen molar-refractivity contribution in [1.82, 2.24) is 0 Å². The summed E-state index contributed by atoms with van der Waals surface area (Å²) in [5.74, 6) is -0.447. The van der Waals surface area contributed by atoms with E-state index in [4.69, 9.17) is 19.9 Å². The first-order valence-corrected chi connectivity index (χ1v) is 5.38. The molecular formula is C11H21NO3. The monoisotopic (exact) mass is 215 g/mol. The van der Waals surface area contributed by atoms with Crippen molar-refractivity contribution >= 4 is 0 Å². The molecule has 0 spiro atoms. The van der Waals surface area contributed by atoms with Gasteiger partial charge in [-0.15, -0.1) is 0 Å². The quantitative estimate of drug-likeness (QED) is 0.550. The van der Waals surface area contributed by atoms with E-state index in [-0.39, 0.29) is 0 Å². The van der Waals surface area contributed by atoms with Crippen molar-refractivity contribution in [2.24, 2.45) is 5.73 Å². The lowest BCUT2D eigenvalue weighted by Gasteiger charge is -2.31. The van der Waals surface area contributed by atoms with Gasteiger partial charge in [0.25, 0.3) is 0 Å². The van der Waals surface area contributed by atoms with Gasteiger partial charge in [0, 0.05) is 6.61 Å². The Morgan fingerprint density at radius 3 is 2.67 bits per heavy atom. The largest absolute Gasteiger partial charge is 0.377 e. The topological polar surface area (TPSA) is 53.7 Å². The van der Waals surface area contributed by atoms with E-state index in [1.807, 2.05) is 19.9 Å². The minimum absolute atomic E-state index is 0.447. The van der Waals surface area contributed by atoms with Gasteiger partial charge in [-0.05, 0) is 32.4 Å². The number of nitrogens with two attached hydrogens (primary N) is 1. The Kier molecular flexibility index (Phi) is 5.25. The first-order valence-electron chi connectivity index (χ1n) is 5.38. The van der Waals surface area contributed by atoms with E-state index in [1.54, 1.807) is 0 Å². The summed E-state index contributed by atoms with van der Waals surface area (Å²) in [5.41, 5.74) is 6.49. The van der Waals surface area contributed by atoms with Gasteiger partial charge in [0.05, 0.1) is 19.8 Å². The zero-order chi connectivity index (χ0) is 11.1. The Morgan fingerprint density at radius 2 is 2.07 bits per heavy atom. The zero-order valence-corrected chi connectivity index (χ0v) is 9.62. The van der Waals surface area contributed by atoms with Crippen LogP contribution in [-0.4, -0.2) is 38.8 Å². The Hall–Kier alpha value is -0.420. The Bertz CT molecular complexity index is 202. The van der Waals surface area contributed by atoms with Gasteiger partial charge in [0.2, 0.25) is 0 Å². The van der Waals surface area contributed by atoms with Crippen molar-refractivity contribution in [3.05, 3.63) is 11.6 Å². The van der Waals surface area contributed by atoms with Crippen LogP contribution in [0.25, 0.3) is 0 Å². The third-order valence-electron chi connectivity index (χ3n) is 2.19. The minimum atomic E-state index is -0.447. The molecule has 1 heterocycles. The van der Waals surface area contributed by atoms with Crippen molar-refractivity contribution in [3.8, 4) is 0 Å². The predicted molar refractivity (Wildman–Crippen MR) is 58.6 cm³/mol. The highest BCUT2D eigenvalue weighted by Crippen LogP contribution is 2.19. The van der Waals surface area contributed by atoms with Crippen molar-refractivity contribution in [1.29, 1.82) is 0 Å². The molecule has 0 bridgehead atoms. The zero-order valence-electron chi connectivity index (χ0n) is 9.62. The fraction of sp³-hybridized carbons (Fsp3) is 0.818. The Morgan fingerprint density at radius 1 is 1.40 bits per heavy atom. The lowest BCUT2D eigenvalue weighted by atomic mass is 10.2. The highest BCUT2D eigenvalue weighted by molar-refractivity contribution is 5.05. The highest BCUT2D eigenvalue weighted by atomic mass is 16.7. The van der Waals surface area contributed by atoms with Crippen LogP contribution in [0.3, 0.4) is 0 Å². The summed E-state index contributed by atoms with van der Waals surface area (Å²) in [6, 6.07) is 0. The van der Waals surface area contributed by atoms with Crippen LogP contribution in [0.1, 0.15) is 20.3 Å². The maximum Gasteiger partial charge on any atom is 0.163 e. The van der Waals surface area contributed by atoms with Gasteiger partial charge in [0.15, 0.2) is 5.79 Å². The van der Waals surface area contributed by atoms with Crippen LogP contribution in [-0.2, 0) is 14.2 Å². The van der Waals surface area contributed by atoms with Gasteiger partial charge in [0.1, 0.15) is 0 Å². The van der Waals surface area contributed by atoms with Crippen LogP contribution in [0.2, 0.25) is 0 Å². The molecule has 0 radical (unpaired) electrons. The van der Waals surface area contributed by atoms with Crippen LogP contribution in [0, 0.1) is 0 Å². The van der Waals surface area contributed by atoms with Crippen LogP contribution < -0.4 is 5.73 Å².